The summed E-state index contributed by atoms with van der Waals surface area (Å²) in [4.78, 5) is 28.6. The van der Waals surface area contributed by atoms with Crippen molar-refractivity contribution in [3.63, 3.8) is 0 Å². The van der Waals surface area contributed by atoms with Crippen LogP contribution in [0.1, 0.15) is 20.7 Å². The monoisotopic (exact) mass is 308 g/mol. The average Bonchev–Trinajstić information content (AvgIpc) is 2.63. The second kappa shape index (κ2) is 7.20. The second-order valence-corrected chi connectivity index (χ2v) is 5.72. The zero-order valence-corrected chi connectivity index (χ0v) is 13.0. The van der Waals surface area contributed by atoms with E-state index in [-0.39, 0.29) is 11.7 Å². The molecule has 0 saturated carbocycles. The van der Waals surface area contributed by atoms with Crippen molar-refractivity contribution in [2.24, 2.45) is 0 Å². The number of nitrogens with zero attached hydrogens (tertiary/aromatic N) is 2. The van der Waals surface area contributed by atoms with E-state index in [1.165, 1.54) is 0 Å². The van der Waals surface area contributed by atoms with E-state index in [0.29, 0.717) is 19.6 Å². The van der Waals surface area contributed by atoms with Crippen LogP contribution >= 0.6 is 0 Å². The standard InChI is InChI=1S/C19H20N2O2/c22-18(16-7-3-1-4-8-16)15-20-11-13-21(14-12-20)19(23)17-9-5-2-6-10-17/h1-10H,11-15H2. The van der Waals surface area contributed by atoms with E-state index in [4.69, 9.17) is 0 Å². The highest BCUT2D eigenvalue weighted by atomic mass is 16.2. The third kappa shape index (κ3) is 3.85. The summed E-state index contributed by atoms with van der Waals surface area (Å²) in [5, 5.41) is 0. The number of amides is 1. The highest BCUT2D eigenvalue weighted by molar-refractivity contribution is 5.97. The summed E-state index contributed by atoms with van der Waals surface area (Å²) in [6.45, 7) is 3.21. The molecule has 118 valence electrons. The molecule has 0 aliphatic carbocycles. The molecule has 4 heteroatoms. The van der Waals surface area contributed by atoms with Crippen LogP contribution in [0.15, 0.2) is 60.7 Å². The lowest BCUT2D eigenvalue weighted by Gasteiger charge is -2.34. The van der Waals surface area contributed by atoms with Crippen LogP contribution in [-0.4, -0.2) is 54.2 Å². The molecule has 2 aromatic carbocycles. The van der Waals surface area contributed by atoms with Crippen molar-refractivity contribution in [2.45, 2.75) is 0 Å². The van der Waals surface area contributed by atoms with Crippen molar-refractivity contribution >= 4 is 11.7 Å². The Balaban J connectivity index is 1.53. The Bertz CT molecular complexity index is 662. The maximum atomic E-state index is 12.4. The highest BCUT2D eigenvalue weighted by Gasteiger charge is 2.23. The number of piperazine rings is 1. The Morgan fingerprint density at radius 3 is 1.83 bits per heavy atom. The lowest BCUT2D eigenvalue weighted by Crippen LogP contribution is -2.49. The molecule has 0 radical (unpaired) electrons. The van der Waals surface area contributed by atoms with Crippen molar-refractivity contribution in [3.05, 3.63) is 71.8 Å². The number of carbonyl (C=O) groups is 2. The molecule has 0 bridgehead atoms. The third-order valence-electron chi connectivity index (χ3n) is 4.14. The minimum atomic E-state index is 0.0691. The van der Waals surface area contributed by atoms with Gasteiger partial charge in [-0.05, 0) is 12.1 Å². The van der Waals surface area contributed by atoms with Gasteiger partial charge in [0, 0.05) is 37.3 Å². The van der Waals surface area contributed by atoms with E-state index in [0.717, 1.165) is 24.2 Å². The minimum absolute atomic E-state index is 0.0691. The minimum Gasteiger partial charge on any atom is -0.336 e. The maximum absolute atomic E-state index is 12.4. The van der Waals surface area contributed by atoms with E-state index in [1.54, 1.807) is 0 Å². The van der Waals surface area contributed by atoms with Crippen molar-refractivity contribution in [1.29, 1.82) is 0 Å². The molecule has 2 aromatic rings. The van der Waals surface area contributed by atoms with E-state index in [9.17, 15) is 9.59 Å². The van der Waals surface area contributed by atoms with Crippen molar-refractivity contribution < 1.29 is 9.59 Å². The summed E-state index contributed by atoms with van der Waals surface area (Å²) < 4.78 is 0. The number of rotatable bonds is 4. The first kappa shape index (κ1) is 15.4. The van der Waals surface area contributed by atoms with Crippen LogP contribution in [-0.2, 0) is 0 Å². The zero-order valence-electron chi connectivity index (χ0n) is 13.0. The molecule has 1 aliphatic rings. The molecule has 0 N–H and O–H groups in total. The quantitative estimate of drug-likeness (QED) is 0.814. The SMILES string of the molecule is O=C(CN1CCN(C(=O)c2ccccc2)CC1)c1ccccc1. The van der Waals surface area contributed by atoms with Gasteiger partial charge in [-0.2, -0.15) is 0 Å². The van der Waals surface area contributed by atoms with Crippen LogP contribution < -0.4 is 0 Å². The van der Waals surface area contributed by atoms with Crippen molar-refractivity contribution in [3.8, 4) is 0 Å². The Kier molecular flexibility index (Phi) is 4.83. The van der Waals surface area contributed by atoms with E-state index in [1.807, 2.05) is 65.6 Å². The fourth-order valence-electron chi connectivity index (χ4n) is 2.79. The summed E-state index contributed by atoms with van der Waals surface area (Å²) in [6, 6.07) is 18.7. The summed E-state index contributed by atoms with van der Waals surface area (Å²) in [5.74, 6) is 0.202. The zero-order chi connectivity index (χ0) is 16.1. The molecular formula is C19H20N2O2. The van der Waals surface area contributed by atoms with Gasteiger partial charge in [-0.3, -0.25) is 14.5 Å². The first-order valence-corrected chi connectivity index (χ1v) is 7.89. The fraction of sp³-hybridized carbons (Fsp3) is 0.263. The van der Waals surface area contributed by atoms with Gasteiger partial charge in [-0.15, -0.1) is 0 Å². The molecule has 3 rings (SSSR count). The molecule has 1 fully saturated rings. The van der Waals surface area contributed by atoms with Gasteiger partial charge in [0.05, 0.1) is 6.54 Å². The van der Waals surface area contributed by atoms with E-state index in [2.05, 4.69) is 4.90 Å². The summed E-state index contributed by atoms with van der Waals surface area (Å²) >= 11 is 0. The van der Waals surface area contributed by atoms with Crippen LogP contribution in [0.3, 0.4) is 0 Å². The van der Waals surface area contributed by atoms with Gasteiger partial charge in [0.15, 0.2) is 5.78 Å². The number of hydrogen-bond donors (Lipinski definition) is 0. The summed E-state index contributed by atoms with van der Waals surface area (Å²) in [6.07, 6.45) is 0. The molecule has 1 amide bonds. The number of benzene rings is 2. The third-order valence-corrected chi connectivity index (χ3v) is 4.14. The van der Waals surface area contributed by atoms with Crippen LogP contribution in [0.4, 0.5) is 0 Å². The van der Waals surface area contributed by atoms with Crippen molar-refractivity contribution in [2.75, 3.05) is 32.7 Å². The number of carbonyl (C=O) groups excluding carboxylic acids is 2. The molecule has 1 heterocycles. The number of Topliss-reactive ketones (excluding diaryl/α,β-unsaturated/α-hetero) is 1. The summed E-state index contributed by atoms with van der Waals surface area (Å²) in [7, 11) is 0. The highest BCUT2D eigenvalue weighted by Crippen LogP contribution is 2.10. The Morgan fingerprint density at radius 2 is 1.26 bits per heavy atom. The van der Waals surface area contributed by atoms with Crippen LogP contribution in [0.2, 0.25) is 0 Å². The van der Waals surface area contributed by atoms with Crippen LogP contribution in [0, 0.1) is 0 Å². The lowest BCUT2D eigenvalue weighted by molar-refractivity contribution is 0.0624. The molecule has 0 atom stereocenters. The van der Waals surface area contributed by atoms with Gasteiger partial charge in [0.2, 0.25) is 0 Å². The predicted octanol–water partition coefficient (Wildman–Crippen LogP) is 2.33. The van der Waals surface area contributed by atoms with Crippen LogP contribution in [0.5, 0.6) is 0 Å². The van der Waals surface area contributed by atoms with E-state index >= 15 is 0 Å². The maximum Gasteiger partial charge on any atom is 0.253 e. The second-order valence-electron chi connectivity index (χ2n) is 5.72. The largest absolute Gasteiger partial charge is 0.336 e. The molecular weight excluding hydrogens is 288 g/mol. The topological polar surface area (TPSA) is 40.6 Å². The van der Waals surface area contributed by atoms with E-state index < -0.39 is 0 Å². The molecule has 0 aromatic heterocycles. The normalized spacial score (nSPS) is 15.4. The molecule has 0 spiro atoms. The van der Waals surface area contributed by atoms with Crippen LogP contribution in [0.25, 0.3) is 0 Å². The molecule has 0 unspecified atom stereocenters. The molecule has 1 saturated heterocycles. The summed E-state index contributed by atoms with van der Waals surface area (Å²) in [5.41, 5.74) is 1.47. The van der Waals surface area contributed by atoms with Gasteiger partial charge in [-0.1, -0.05) is 48.5 Å². The Morgan fingerprint density at radius 1 is 0.739 bits per heavy atom. The van der Waals surface area contributed by atoms with Gasteiger partial charge >= 0.3 is 0 Å². The van der Waals surface area contributed by atoms with Gasteiger partial charge < -0.3 is 4.90 Å². The Labute approximate surface area is 136 Å². The van der Waals surface area contributed by atoms with Crippen molar-refractivity contribution in [1.82, 2.24) is 9.80 Å². The average molecular weight is 308 g/mol. The molecule has 23 heavy (non-hydrogen) atoms. The first-order chi connectivity index (χ1) is 11.2. The first-order valence-electron chi connectivity index (χ1n) is 7.89. The van der Waals surface area contributed by atoms with Gasteiger partial charge in [0.25, 0.3) is 5.91 Å². The predicted molar refractivity (Wildman–Crippen MR) is 89.6 cm³/mol. The van der Waals surface area contributed by atoms with Gasteiger partial charge in [-0.25, -0.2) is 0 Å². The smallest absolute Gasteiger partial charge is 0.253 e. The fourth-order valence-corrected chi connectivity index (χ4v) is 2.79. The number of ketones is 1. The Hall–Kier alpha value is -2.46. The molecule has 4 nitrogen and oxygen atoms in total. The lowest BCUT2D eigenvalue weighted by atomic mass is 10.1. The number of hydrogen-bond acceptors (Lipinski definition) is 3. The van der Waals surface area contributed by atoms with Gasteiger partial charge in [0.1, 0.15) is 0 Å². The molecule has 1 aliphatic heterocycles.